The summed E-state index contributed by atoms with van der Waals surface area (Å²) in [6.07, 6.45) is 13.4. The molecule has 0 rings (SSSR count). The van der Waals surface area contributed by atoms with E-state index in [9.17, 15) is 13.2 Å². The highest BCUT2D eigenvalue weighted by molar-refractivity contribution is 6.30. The molecule has 0 radical (unpaired) electrons. The quantitative estimate of drug-likeness (QED) is 0.0569. The van der Waals surface area contributed by atoms with E-state index in [-0.39, 0.29) is 23.1 Å². The summed E-state index contributed by atoms with van der Waals surface area (Å²) in [6, 6.07) is 0. The third-order valence-corrected chi connectivity index (χ3v) is 4.25. The summed E-state index contributed by atoms with van der Waals surface area (Å²) in [5, 5.41) is 6.25. The largest absolute Gasteiger partial charge is 0.491 e. The van der Waals surface area contributed by atoms with Crippen molar-refractivity contribution in [1.29, 1.82) is 0 Å². The van der Waals surface area contributed by atoms with Gasteiger partial charge in [-0.3, -0.25) is 4.99 Å². The lowest BCUT2D eigenvalue weighted by Gasteiger charge is -2.18. The molecule has 0 amide bonds. The lowest BCUT2D eigenvalue weighted by atomic mass is 10.1. The SMILES string of the molecule is C#C.C=CNC(=NC)/C(=C/C(NCCCC)=C(\CC(F)(F)F)OC/C=C\C(=C)Cl)CC.CC.CCCC. The Kier molecular flexibility index (Phi) is 33.3. The number of nitrogens with zero attached hydrogens (tertiary/aromatic N) is 1. The number of terminal acetylenes is 1. The van der Waals surface area contributed by atoms with Crippen LogP contribution in [0.3, 0.4) is 0 Å². The van der Waals surface area contributed by atoms with Crippen LogP contribution in [0.5, 0.6) is 0 Å². The molecule has 0 fully saturated rings. The fourth-order valence-corrected chi connectivity index (χ4v) is 2.36. The molecule has 0 aromatic heterocycles. The highest BCUT2D eigenvalue weighted by atomic mass is 35.5. The lowest BCUT2D eigenvalue weighted by Crippen LogP contribution is -2.23. The predicted molar refractivity (Wildman–Crippen MR) is 158 cm³/mol. The average molecular weight is 548 g/mol. The molecule has 8 heteroatoms. The first-order valence-corrected chi connectivity index (χ1v) is 13.0. The van der Waals surface area contributed by atoms with Crippen LogP contribution < -0.4 is 10.6 Å². The van der Waals surface area contributed by atoms with Gasteiger partial charge in [-0.05, 0) is 42.8 Å². The van der Waals surface area contributed by atoms with Crippen LogP contribution in [0.15, 0.2) is 64.6 Å². The number of nitrogens with one attached hydrogen (secondary N) is 2. The van der Waals surface area contributed by atoms with E-state index in [4.69, 9.17) is 16.3 Å². The average Bonchev–Trinajstić information content (AvgIpc) is 2.88. The van der Waals surface area contributed by atoms with Gasteiger partial charge in [0, 0.05) is 18.6 Å². The van der Waals surface area contributed by atoms with Crippen molar-refractivity contribution in [2.24, 2.45) is 4.99 Å². The Morgan fingerprint density at radius 3 is 2.03 bits per heavy atom. The van der Waals surface area contributed by atoms with Gasteiger partial charge < -0.3 is 15.4 Å². The number of amidine groups is 1. The third kappa shape index (κ3) is 27.8. The molecule has 0 aliphatic carbocycles. The van der Waals surface area contributed by atoms with Crippen molar-refractivity contribution in [3.8, 4) is 12.8 Å². The zero-order valence-corrected chi connectivity index (χ0v) is 24.7. The van der Waals surface area contributed by atoms with Gasteiger partial charge in [0.05, 0.1) is 5.70 Å². The topological polar surface area (TPSA) is 45.7 Å². The summed E-state index contributed by atoms with van der Waals surface area (Å²) >= 11 is 5.64. The highest BCUT2D eigenvalue weighted by Crippen LogP contribution is 2.27. The minimum atomic E-state index is -4.42. The highest BCUT2D eigenvalue weighted by Gasteiger charge is 2.31. The first kappa shape index (κ1) is 41.5. The molecule has 0 saturated carbocycles. The number of alkyl halides is 3. The first-order valence-electron chi connectivity index (χ1n) is 12.7. The summed E-state index contributed by atoms with van der Waals surface area (Å²) < 4.78 is 45.0. The fraction of sp³-hybridized carbons (Fsp3) is 0.552. The van der Waals surface area contributed by atoms with E-state index in [1.807, 2.05) is 27.7 Å². The van der Waals surface area contributed by atoms with E-state index in [0.717, 1.165) is 18.4 Å². The number of unbranched alkanes of at least 4 members (excludes halogenated alkanes) is 2. The maximum Gasteiger partial charge on any atom is 0.396 e. The molecule has 2 N–H and O–H groups in total. The van der Waals surface area contributed by atoms with Crippen LogP contribution in [-0.2, 0) is 4.74 Å². The summed E-state index contributed by atoms with van der Waals surface area (Å²) in [7, 11) is 1.60. The first-order chi connectivity index (χ1) is 17.6. The molecule has 0 unspecified atom stereocenters. The molecule has 37 heavy (non-hydrogen) atoms. The Morgan fingerprint density at radius 1 is 1.08 bits per heavy atom. The summed E-state index contributed by atoms with van der Waals surface area (Å²) in [4.78, 5) is 4.14. The zero-order chi connectivity index (χ0) is 29.7. The number of halogens is 4. The van der Waals surface area contributed by atoms with Crippen LogP contribution in [0.25, 0.3) is 0 Å². The number of aliphatic imine (C=N–C) groups is 1. The van der Waals surface area contributed by atoms with Crippen LogP contribution >= 0.6 is 11.6 Å². The van der Waals surface area contributed by atoms with E-state index in [0.29, 0.717) is 18.8 Å². The van der Waals surface area contributed by atoms with Crippen molar-refractivity contribution < 1.29 is 17.9 Å². The van der Waals surface area contributed by atoms with E-state index in [1.54, 1.807) is 13.1 Å². The number of rotatable bonds is 14. The van der Waals surface area contributed by atoms with E-state index in [2.05, 4.69) is 55.5 Å². The molecule has 0 aromatic carbocycles. The molecule has 0 saturated heterocycles. The van der Waals surface area contributed by atoms with Gasteiger partial charge in [0.2, 0.25) is 0 Å². The maximum atomic E-state index is 13.2. The standard InChI is InChI=1S/C21H31ClF3N3O.C4H10.C2H6.C2H2/c1-6-9-12-28-18(14-17(7-2)20(26-5)27-8-3)19(15-21(23,24)25)29-13-10-11-16(4)22;1-3-4-2;2*1-2/h8,10-11,14,28H,3-4,6-7,9,12-13,15H2,1-2,5H3,(H,26,27);3-4H2,1-2H3;1-2H3;1-2H/b11-10-,17-14+,19-18-;;;. The van der Waals surface area contributed by atoms with Gasteiger partial charge in [-0.1, -0.05) is 85.6 Å². The van der Waals surface area contributed by atoms with Gasteiger partial charge >= 0.3 is 6.18 Å². The van der Waals surface area contributed by atoms with Gasteiger partial charge in [0.1, 0.15) is 24.6 Å². The van der Waals surface area contributed by atoms with E-state index >= 15 is 0 Å². The Hall–Kier alpha value is -2.59. The number of ether oxygens (including phenoxy) is 1. The summed E-state index contributed by atoms with van der Waals surface area (Å²) in [5.74, 6) is 0.334. The second kappa shape index (κ2) is 29.6. The summed E-state index contributed by atoms with van der Waals surface area (Å²) in [6.45, 7) is 19.8. The van der Waals surface area contributed by atoms with Gasteiger partial charge in [-0.2, -0.15) is 13.2 Å². The lowest BCUT2D eigenvalue weighted by molar-refractivity contribution is -0.134. The van der Waals surface area contributed by atoms with Gasteiger partial charge in [0.25, 0.3) is 0 Å². The maximum absolute atomic E-state index is 13.2. The van der Waals surface area contributed by atoms with Crippen molar-refractivity contribution >= 4 is 17.4 Å². The third-order valence-electron chi connectivity index (χ3n) is 4.13. The van der Waals surface area contributed by atoms with Crippen molar-refractivity contribution in [2.45, 2.75) is 86.2 Å². The molecule has 0 heterocycles. The van der Waals surface area contributed by atoms with Gasteiger partial charge in [0.15, 0.2) is 0 Å². The zero-order valence-electron chi connectivity index (χ0n) is 23.9. The molecule has 0 aromatic rings. The number of hydrogen-bond donors (Lipinski definition) is 2. The Labute approximate surface area is 229 Å². The Bertz CT molecular complexity index is 720. The molecule has 0 spiro atoms. The van der Waals surface area contributed by atoms with Crippen LogP contribution in [0.2, 0.25) is 0 Å². The van der Waals surface area contributed by atoms with Crippen LogP contribution in [0.1, 0.15) is 80.1 Å². The molecule has 0 atom stereocenters. The normalized spacial score (nSPS) is 11.9. The molecular weight excluding hydrogens is 499 g/mol. The molecule has 214 valence electrons. The second-order valence-corrected chi connectivity index (χ2v) is 7.50. The molecule has 0 bridgehead atoms. The fourth-order valence-electron chi connectivity index (χ4n) is 2.27. The Morgan fingerprint density at radius 2 is 1.65 bits per heavy atom. The minimum absolute atomic E-state index is 0.0644. The smallest absolute Gasteiger partial charge is 0.396 e. The van der Waals surface area contributed by atoms with Crippen molar-refractivity contribution in [1.82, 2.24) is 10.6 Å². The molecular formula is C29H49ClF3N3O. The number of allylic oxidation sites excluding steroid dienone is 4. The second-order valence-electron chi connectivity index (χ2n) is 7.01. The predicted octanol–water partition coefficient (Wildman–Crippen LogP) is 9.05. The monoisotopic (exact) mass is 547 g/mol. The van der Waals surface area contributed by atoms with Crippen molar-refractivity contribution in [3.63, 3.8) is 0 Å². The molecule has 0 aliphatic heterocycles. The van der Waals surface area contributed by atoms with Gasteiger partial charge in [-0.25, -0.2) is 0 Å². The van der Waals surface area contributed by atoms with Crippen molar-refractivity contribution in [3.05, 3.63) is 59.6 Å². The Balaban J connectivity index is -0.000000602. The molecule has 4 nitrogen and oxygen atoms in total. The number of hydrogen-bond acceptors (Lipinski definition) is 3. The molecule has 0 aliphatic rings. The van der Waals surface area contributed by atoms with Crippen LogP contribution in [0.4, 0.5) is 13.2 Å². The minimum Gasteiger partial charge on any atom is -0.491 e. The summed E-state index contributed by atoms with van der Waals surface area (Å²) in [5.41, 5.74) is 0.997. The van der Waals surface area contributed by atoms with Crippen LogP contribution in [0, 0.1) is 12.8 Å². The van der Waals surface area contributed by atoms with E-state index < -0.39 is 12.6 Å². The van der Waals surface area contributed by atoms with Crippen molar-refractivity contribution in [2.75, 3.05) is 20.2 Å². The van der Waals surface area contributed by atoms with E-state index in [1.165, 1.54) is 31.2 Å². The van der Waals surface area contributed by atoms with Gasteiger partial charge in [-0.15, -0.1) is 12.8 Å². The van der Waals surface area contributed by atoms with Crippen LogP contribution in [-0.4, -0.2) is 32.2 Å².